The van der Waals surface area contributed by atoms with Crippen molar-refractivity contribution in [2.75, 3.05) is 18.0 Å². The summed E-state index contributed by atoms with van der Waals surface area (Å²) in [7, 11) is 0. The van der Waals surface area contributed by atoms with E-state index in [9.17, 15) is 0 Å². The van der Waals surface area contributed by atoms with Crippen LogP contribution in [0.5, 0.6) is 11.6 Å². The van der Waals surface area contributed by atoms with E-state index >= 15 is 0 Å². The number of hydrogen-bond acceptors (Lipinski definition) is 3. The van der Waals surface area contributed by atoms with Gasteiger partial charge >= 0.3 is 0 Å². The van der Waals surface area contributed by atoms with Gasteiger partial charge in [0.25, 0.3) is 0 Å². The van der Waals surface area contributed by atoms with E-state index in [1.54, 1.807) is 0 Å². The summed E-state index contributed by atoms with van der Waals surface area (Å²) in [4.78, 5) is 6.92. The maximum absolute atomic E-state index is 6.15. The highest BCUT2D eigenvalue weighted by atomic mass is 16.5. The van der Waals surface area contributed by atoms with Crippen LogP contribution in [-0.4, -0.2) is 18.1 Å². The Morgan fingerprint density at radius 2 is 1.61 bits per heavy atom. The fourth-order valence-electron chi connectivity index (χ4n) is 3.03. The Morgan fingerprint density at radius 3 is 2.17 bits per heavy atom. The Hall–Kier alpha value is -2.03. The summed E-state index contributed by atoms with van der Waals surface area (Å²) in [5, 5.41) is 0. The van der Waals surface area contributed by atoms with E-state index in [0.29, 0.717) is 5.88 Å². The third-order valence-corrected chi connectivity index (χ3v) is 3.97. The molecule has 2 aromatic rings. The summed E-state index contributed by atoms with van der Waals surface area (Å²) in [5.41, 5.74) is 5.71. The molecule has 23 heavy (non-hydrogen) atoms. The van der Waals surface area contributed by atoms with Crippen molar-refractivity contribution in [1.82, 2.24) is 4.98 Å². The van der Waals surface area contributed by atoms with Gasteiger partial charge in [-0.25, -0.2) is 4.98 Å². The van der Waals surface area contributed by atoms with Crippen molar-refractivity contribution in [1.29, 1.82) is 0 Å². The minimum Gasteiger partial charge on any atom is -0.438 e. The van der Waals surface area contributed by atoms with Crippen molar-refractivity contribution >= 4 is 5.69 Å². The summed E-state index contributed by atoms with van der Waals surface area (Å²) in [6, 6.07) is 8.47. The smallest absolute Gasteiger partial charge is 0.221 e. The van der Waals surface area contributed by atoms with Crippen LogP contribution in [0.1, 0.15) is 42.7 Å². The van der Waals surface area contributed by atoms with E-state index in [0.717, 1.165) is 42.1 Å². The number of ether oxygens (including phenoxy) is 1. The van der Waals surface area contributed by atoms with E-state index in [2.05, 4.69) is 62.7 Å². The normalized spacial score (nSPS) is 10.7. The van der Waals surface area contributed by atoms with Crippen molar-refractivity contribution in [3.05, 3.63) is 46.6 Å². The summed E-state index contributed by atoms with van der Waals surface area (Å²) >= 11 is 0. The Morgan fingerprint density at radius 1 is 0.957 bits per heavy atom. The van der Waals surface area contributed by atoms with Crippen LogP contribution < -0.4 is 9.64 Å². The number of aromatic nitrogens is 1. The molecule has 0 aliphatic rings. The first-order valence-electron chi connectivity index (χ1n) is 8.44. The van der Waals surface area contributed by atoms with E-state index in [1.165, 1.54) is 11.3 Å². The van der Waals surface area contributed by atoms with Gasteiger partial charge in [-0.3, -0.25) is 0 Å². The van der Waals surface area contributed by atoms with Crippen LogP contribution >= 0.6 is 0 Å². The molecular formula is C20H28N2O. The first kappa shape index (κ1) is 17.3. The molecule has 1 aromatic carbocycles. The molecule has 1 heterocycles. The fraction of sp³-hybridized carbons (Fsp3) is 0.450. The predicted octanol–water partition coefficient (Wildman–Crippen LogP) is 5.34. The molecule has 0 aliphatic carbocycles. The van der Waals surface area contributed by atoms with E-state index in [1.807, 2.05) is 13.0 Å². The number of pyridine rings is 1. The average Bonchev–Trinajstić information content (AvgIpc) is 2.48. The highest BCUT2D eigenvalue weighted by Gasteiger charge is 2.11. The minimum atomic E-state index is 0.671. The van der Waals surface area contributed by atoms with Gasteiger partial charge in [-0.2, -0.15) is 0 Å². The topological polar surface area (TPSA) is 25.4 Å². The Balaban J connectivity index is 2.36. The van der Waals surface area contributed by atoms with Crippen molar-refractivity contribution < 1.29 is 4.74 Å². The van der Waals surface area contributed by atoms with Gasteiger partial charge in [-0.05, 0) is 58.2 Å². The van der Waals surface area contributed by atoms with Crippen LogP contribution in [0, 0.1) is 27.7 Å². The lowest BCUT2D eigenvalue weighted by atomic mass is 10.1. The van der Waals surface area contributed by atoms with Crippen LogP contribution in [0.25, 0.3) is 0 Å². The van der Waals surface area contributed by atoms with Crippen LogP contribution in [0.2, 0.25) is 0 Å². The van der Waals surface area contributed by atoms with E-state index in [-0.39, 0.29) is 0 Å². The number of aryl methyl sites for hydroxylation is 4. The maximum Gasteiger partial charge on any atom is 0.221 e. The molecule has 0 radical (unpaired) electrons. The molecular weight excluding hydrogens is 284 g/mol. The zero-order valence-corrected chi connectivity index (χ0v) is 15.2. The monoisotopic (exact) mass is 312 g/mol. The lowest BCUT2D eigenvalue weighted by molar-refractivity contribution is 0.454. The number of benzene rings is 1. The molecule has 2 rings (SSSR count). The lowest BCUT2D eigenvalue weighted by Gasteiger charge is -2.23. The van der Waals surface area contributed by atoms with Crippen molar-refractivity contribution in [3.63, 3.8) is 0 Å². The van der Waals surface area contributed by atoms with Crippen molar-refractivity contribution in [3.8, 4) is 11.6 Å². The van der Waals surface area contributed by atoms with Crippen LogP contribution in [0.4, 0.5) is 5.69 Å². The second-order valence-corrected chi connectivity index (χ2v) is 6.21. The molecule has 0 amide bonds. The second-order valence-electron chi connectivity index (χ2n) is 6.21. The standard InChI is InChI=1S/C20H28N2O/c1-7-9-22(8-2)18-12-17(6)21-19(13-18)23-20-15(4)10-14(3)11-16(20)5/h10-13H,7-9H2,1-6H3. The third-order valence-electron chi connectivity index (χ3n) is 3.97. The minimum absolute atomic E-state index is 0.671. The number of nitrogens with zero attached hydrogens (tertiary/aromatic N) is 2. The van der Waals surface area contributed by atoms with Crippen molar-refractivity contribution in [2.45, 2.75) is 48.0 Å². The molecule has 0 bridgehead atoms. The fourth-order valence-corrected chi connectivity index (χ4v) is 3.03. The molecule has 0 N–H and O–H groups in total. The Kier molecular flexibility index (Phi) is 5.64. The molecule has 0 atom stereocenters. The zero-order chi connectivity index (χ0) is 17.0. The molecule has 1 aromatic heterocycles. The molecule has 0 saturated heterocycles. The largest absolute Gasteiger partial charge is 0.438 e. The van der Waals surface area contributed by atoms with Crippen molar-refractivity contribution in [2.24, 2.45) is 0 Å². The van der Waals surface area contributed by atoms with Gasteiger partial charge < -0.3 is 9.64 Å². The summed E-state index contributed by atoms with van der Waals surface area (Å²) in [6.07, 6.45) is 1.13. The number of hydrogen-bond donors (Lipinski definition) is 0. The van der Waals surface area contributed by atoms with Gasteiger partial charge in [-0.15, -0.1) is 0 Å². The summed E-state index contributed by atoms with van der Waals surface area (Å²) < 4.78 is 6.15. The second kappa shape index (κ2) is 7.49. The first-order chi connectivity index (χ1) is 10.9. The summed E-state index contributed by atoms with van der Waals surface area (Å²) in [6.45, 7) is 14.7. The molecule has 3 heteroatoms. The predicted molar refractivity (Wildman–Crippen MR) is 97.9 cm³/mol. The maximum atomic E-state index is 6.15. The highest BCUT2D eigenvalue weighted by molar-refractivity contribution is 5.51. The van der Waals surface area contributed by atoms with Gasteiger partial charge in [0.15, 0.2) is 0 Å². The number of anilines is 1. The molecule has 0 aliphatic heterocycles. The van der Waals surface area contributed by atoms with Crippen LogP contribution in [0.15, 0.2) is 24.3 Å². The van der Waals surface area contributed by atoms with Gasteiger partial charge in [0, 0.05) is 30.5 Å². The van der Waals surface area contributed by atoms with E-state index in [4.69, 9.17) is 4.74 Å². The molecule has 0 saturated carbocycles. The number of rotatable bonds is 6. The summed E-state index contributed by atoms with van der Waals surface area (Å²) in [5.74, 6) is 1.59. The zero-order valence-electron chi connectivity index (χ0n) is 15.2. The van der Waals surface area contributed by atoms with E-state index < -0.39 is 0 Å². The van der Waals surface area contributed by atoms with Gasteiger partial charge in [0.1, 0.15) is 5.75 Å². The average molecular weight is 312 g/mol. The highest BCUT2D eigenvalue weighted by Crippen LogP contribution is 2.31. The SMILES string of the molecule is CCCN(CC)c1cc(C)nc(Oc2c(C)cc(C)cc2C)c1. The molecule has 0 fully saturated rings. The first-order valence-corrected chi connectivity index (χ1v) is 8.44. The van der Waals surface area contributed by atoms with Gasteiger partial charge in [0.2, 0.25) is 5.88 Å². The molecule has 0 unspecified atom stereocenters. The molecule has 3 nitrogen and oxygen atoms in total. The third kappa shape index (κ3) is 4.25. The Labute approximate surface area is 140 Å². The molecule has 0 spiro atoms. The van der Waals surface area contributed by atoms with Gasteiger partial charge in [-0.1, -0.05) is 24.6 Å². The van der Waals surface area contributed by atoms with Crippen LogP contribution in [-0.2, 0) is 0 Å². The molecule has 124 valence electrons. The van der Waals surface area contributed by atoms with Gasteiger partial charge in [0.05, 0.1) is 0 Å². The lowest BCUT2D eigenvalue weighted by Crippen LogP contribution is -2.23. The Bertz CT molecular complexity index is 656. The quantitative estimate of drug-likeness (QED) is 0.719. The van der Waals surface area contributed by atoms with Crippen LogP contribution in [0.3, 0.4) is 0 Å².